The van der Waals surface area contributed by atoms with Gasteiger partial charge in [0.1, 0.15) is 5.82 Å². The van der Waals surface area contributed by atoms with Gasteiger partial charge in [-0.3, -0.25) is 9.55 Å². The molecule has 0 radical (unpaired) electrons. The molecule has 0 unspecified atom stereocenters. The lowest BCUT2D eigenvalue weighted by atomic mass is 10.1. The molecule has 0 atom stereocenters. The lowest BCUT2D eigenvalue weighted by molar-refractivity contribution is 1.10. The van der Waals surface area contributed by atoms with E-state index in [-0.39, 0.29) is 0 Å². The van der Waals surface area contributed by atoms with E-state index in [9.17, 15) is 0 Å². The summed E-state index contributed by atoms with van der Waals surface area (Å²) < 4.78 is 4.70. The van der Waals surface area contributed by atoms with E-state index in [0.29, 0.717) is 0 Å². The Bertz CT molecular complexity index is 2270. The predicted molar refractivity (Wildman–Crippen MR) is 166 cm³/mol. The second kappa shape index (κ2) is 8.01. The summed E-state index contributed by atoms with van der Waals surface area (Å²) in [6.45, 7) is 0. The first kappa shape index (κ1) is 21.5. The normalized spacial score (nSPS) is 12.0. The van der Waals surface area contributed by atoms with Crippen LogP contribution in [0.4, 0.5) is 0 Å². The van der Waals surface area contributed by atoms with Crippen molar-refractivity contribution in [3.63, 3.8) is 0 Å². The molecule has 0 spiro atoms. The van der Waals surface area contributed by atoms with Crippen molar-refractivity contribution < 1.29 is 0 Å². The van der Waals surface area contributed by atoms with Crippen LogP contribution in [0.15, 0.2) is 134 Å². The molecule has 0 aliphatic heterocycles. The van der Waals surface area contributed by atoms with Gasteiger partial charge in [0, 0.05) is 50.4 Å². The van der Waals surface area contributed by atoms with Crippen LogP contribution >= 0.6 is 0 Å². The molecule has 0 saturated heterocycles. The number of benzene rings is 5. The van der Waals surface area contributed by atoms with Crippen molar-refractivity contribution >= 4 is 65.3 Å². The summed E-state index contributed by atoms with van der Waals surface area (Å²) in [6, 6.07) is 43.2. The van der Waals surface area contributed by atoms with E-state index < -0.39 is 0 Å². The zero-order chi connectivity index (χ0) is 26.2. The minimum absolute atomic E-state index is 0.926. The molecule has 4 aromatic heterocycles. The van der Waals surface area contributed by atoms with Gasteiger partial charge in [-0.15, -0.1) is 0 Å². The molecular weight excluding hydrogens is 488 g/mol. The van der Waals surface area contributed by atoms with Crippen molar-refractivity contribution in [2.45, 2.75) is 0 Å². The van der Waals surface area contributed by atoms with E-state index in [1.54, 1.807) is 0 Å². The molecule has 40 heavy (non-hydrogen) atoms. The molecule has 0 bridgehead atoms. The maximum Gasteiger partial charge on any atom is 0.138 e. The average molecular weight is 511 g/mol. The molecule has 5 aromatic carbocycles. The van der Waals surface area contributed by atoms with Gasteiger partial charge >= 0.3 is 0 Å². The maximum atomic E-state index is 5.09. The third kappa shape index (κ3) is 2.90. The first-order chi connectivity index (χ1) is 19.8. The summed E-state index contributed by atoms with van der Waals surface area (Å²) in [6.07, 6.45) is 3.79. The summed E-state index contributed by atoms with van der Waals surface area (Å²) >= 11 is 0. The fourth-order valence-corrected chi connectivity index (χ4v) is 6.43. The molecule has 0 amide bonds. The zero-order valence-corrected chi connectivity index (χ0v) is 21.5. The van der Waals surface area contributed by atoms with Gasteiger partial charge in [-0.05, 0) is 66.0 Å². The monoisotopic (exact) mass is 510 g/mol. The number of rotatable bonds is 2. The average Bonchev–Trinajstić information content (AvgIpc) is 3.53. The van der Waals surface area contributed by atoms with Gasteiger partial charge in [-0.2, -0.15) is 0 Å². The Morgan fingerprint density at radius 2 is 1.15 bits per heavy atom. The summed E-state index contributed by atoms with van der Waals surface area (Å²) in [5.74, 6) is 0.926. The van der Waals surface area contributed by atoms with Crippen LogP contribution in [0.3, 0.4) is 0 Å². The molecule has 0 fully saturated rings. The topological polar surface area (TPSA) is 35.6 Å². The number of aromatic nitrogens is 4. The smallest absolute Gasteiger partial charge is 0.138 e. The van der Waals surface area contributed by atoms with Crippen LogP contribution in [-0.4, -0.2) is 19.1 Å². The van der Waals surface area contributed by atoms with E-state index in [4.69, 9.17) is 4.98 Å². The Labute approximate surface area is 229 Å². The Morgan fingerprint density at radius 3 is 1.98 bits per heavy atom. The summed E-state index contributed by atoms with van der Waals surface area (Å²) in [5.41, 5.74) is 6.81. The summed E-state index contributed by atoms with van der Waals surface area (Å²) in [7, 11) is 0. The number of fused-ring (bicyclic) bond motifs is 9. The maximum absolute atomic E-state index is 5.09. The molecule has 4 heterocycles. The second-order valence-electron chi connectivity index (χ2n) is 10.3. The van der Waals surface area contributed by atoms with Crippen LogP contribution in [0.2, 0.25) is 0 Å². The van der Waals surface area contributed by atoms with Crippen molar-refractivity contribution in [1.29, 1.82) is 0 Å². The summed E-state index contributed by atoms with van der Waals surface area (Å²) in [5, 5.41) is 8.44. The Balaban J connectivity index is 1.43. The number of hydrogen-bond acceptors (Lipinski definition) is 2. The molecule has 9 aromatic rings. The van der Waals surface area contributed by atoms with Gasteiger partial charge in [0.05, 0.1) is 27.6 Å². The molecule has 0 aliphatic rings. The van der Waals surface area contributed by atoms with E-state index in [2.05, 4.69) is 129 Å². The van der Waals surface area contributed by atoms with Gasteiger partial charge in [0.15, 0.2) is 0 Å². The number of pyridine rings is 2. The lowest BCUT2D eigenvalue weighted by Crippen LogP contribution is -1.97. The number of para-hydroxylation sites is 3. The minimum atomic E-state index is 0.926. The van der Waals surface area contributed by atoms with Crippen molar-refractivity contribution in [2.75, 3.05) is 0 Å². The van der Waals surface area contributed by atoms with Crippen molar-refractivity contribution in [2.24, 2.45) is 0 Å². The van der Waals surface area contributed by atoms with Gasteiger partial charge in [-0.25, -0.2) is 4.98 Å². The minimum Gasteiger partial charge on any atom is -0.309 e. The second-order valence-corrected chi connectivity index (χ2v) is 10.3. The van der Waals surface area contributed by atoms with Crippen LogP contribution in [-0.2, 0) is 0 Å². The Kier molecular flexibility index (Phi) is 4.30. The summed E-state index contributed by atoms with van der Waals surface area (Å²) in [4.78, 5) is 9.46. The highest BCUT2D eigenvalue weighted by atomic mass is 15.1. The first-order valence-electron chi connectivity index (χ1n) is 13.5. The lowest BCUT2D eigenvalue weighted by Gasteiger charge is -2.10. The van der Waals surface area contributed by atoms with Crippen LogP contribution in [0.1, 0.15) is 0 Å². The van der Waals surface area contributed by atoms with Crippen molar-refractivity contribution in [1.82, 2.24) is 19.1 Å². The predicted octanol–water partition coefficient (Wildman–Crippen LogP) is 8.98. The van der Waals surface area contributed by atoms with E-state index in [0.717, 1.165) is 38.8 Å². The van der Waals surface area contributed by atoms with Crippen molar-refractivity contribution in [3.05, 3.63) is 134 Å². The Morgan fingerprint density at radius 1 is 0.475 bits per heavy atom. The van der Waals surface area contributed by atoms with Gasteiger partial charge < -0.3 is 4.57 Å². The van der Waals surface area contributed by atoms with E-state index in [1.165, 1.54) is 38.0 Å². The van der Waals surface area contributed by atoms with Crippen LogP contribution in [0.25, 0.3) is 76.8 Å². The third-order valence-electron chi connectivity index (χ3n) is 8.17. The molecule has 0 N–H and O–H groups in total. The first-order valence-corrected chi connectivity index (χ1v) is 13.5. The molecule has 0 saturated carbocycles. The highest BCUT2D eigenvalue weighted by Gasteiger charge is 2.20. The SMILES string of the molecule is c1ccc2nc(-n3c4ccccc4c4c5c6ccccc6n(-c6ccc7ccncc7c6)c5ccc43)ccc2c1. The molecule has 4 nitrogen and oxygen atoms in total. The fourth-order valence-electron chi connectivity index (χ4n) is 6.43. The number of hydrogen-bond donors (Lipinski definition) is 0. The highest BCUT2D eigenvalue weighted by Crippen LogP contribution is 2.42. The molecular formula is C36H22N4. The third-order valence-corrected chi connectivity index (χ3v) is 8.17. The quantitative estimate of drug-likeness (QED) is 0.233. The molecule has 0 aliphatic carbocycles. The van der Waals surface area contributed by atoms with Crippen LogP contribution < -0.4 is 0 Å². The Hall–Kier alpha value is -5.48. The molecule has 9 rings (SSSR count). The number of nitrogens with zero attached hydrogens (tertiary/aromatic N) is 4. The molecule has 186 valence electrons. The fraction of sp³-hybridized carbons (Fsp3) is 0. The van der Waals surface area contributed by atoms with Gasteiger partial charge in [-0.1, -0.05) is 60.7 Å². The molecule has 4 heteroatoms. The van der Waals surface area contributed by atoms with Crippen molar-refractivity contribution in [3.8, 4) is 11.5 Å². The van der Waals surface area contributed by atoms with E-state index in [1.807, 2.05) is 18.5 Å². The van der Waals surface area contributed by atoms with Gasteiger partial charge in [0.25, 0.3) is 0 Å². The van der Waals surface area contributed by atoms with Gasteiger partial charge in [0.2, 0.25) is 0 Å². The van der Waals surface area contributed by atoms with E-state index >= 15 is 0 Å². The standard InChI is InChI=1S/C36H22N4/c1-4-10-29-24(7-1)14-18-34(38-29)40-31-12-6-3-9-28(31)36-33(40)17-16-32-35(36)27-8-2-5-11-30(27)39(32)26-15-13-23-19-20-37-22-25(23)21-26/h1-22H. The zero-order valence-electron chi connectivity index (χ0n) is 21.5. The highest BCUT2D eigenvalue weighted by molar-refractivity contribution is 6.28. The van der Waals surface area contributed by atoms with Crippen LogP contribution in [0.5, 0.6) is 0 Å². The van der Waals surface area contributed by atoms with Crippen LogP contribution in [0, 0.1) is 0 Å². The largest absolute Gasteiger partial charge is 0.309 e.